The summed E-state index contributed by atoms with van der Waals surface area (Å²) < 4.78 is 5.43. The average molecular weight is 342 g/mol. The van der Waals surface area contributed by atoms with Crippen molar-refractivity contribution in [2.24, 2.45) is 0 Å². The molecule has 3 aromatic rings. The largest absolute Gasteiger partial charge is 0.417 e. The van der Waals surface area contributed by atoms with E-state index in [2.05, 4.69) is 15.5 Å². The molecule has 0 bridgehead atoms. The van der Waals surface area contributed by atoms with Crippen molar-refractivity contribution in [2.75, 3.05) is 0 Å². The summed E-state index contributed by atoms with van der Waals surface area (Å²) in [5.74, 6) is -0.0662. The number of hydrogen-bond donors (Lipinski definition) is 1. The zero-order chi connectivity index (χ0) is 16.9. The van der Waals surface area contributed by atoms with E-state index in [0.29, 0.717) is 23.9 Å². The van der Waals surface area contributed by atoms with Crippen LogP contribution in [-0.4, -0.2) is 16.1 Å². The van der Waals surface area contributed by atoms with E-state index in [4.69, 9.17) is 16.0 Å². The summed E-state index contributed by atoms with van der Waals surface area (Å²) in [7, 11) is 0. The van der Waals surface area contributed by atoms with Gasteiger partial charge >= 0.3 is 11.8 Å². The van der Waals surface area contributed by atoms with Crippen molar-refractivity contribution in [2.45, 2.75) is 19.9 Å². The maximum atomic E-state index is 12.1. The second-order valence-corrected chi connectivity index (χ2v) is 5.84. The highest BCUT2D eigenvalue weighted by Crippen LogP contribution is 2.15. The average Bonchev–Trinajstić information content (AvgIpc) is 3.05. The Hall–Kier alpha value is -2.66. The normalized spacial score (nSPS) is 10.6. The van der Waals surface area contributed by atoms with Crippen LogP contribution in [-0.2, 0) is 13.0 Å². The monoisotopic (exact) mass is 341 g/mol. The molecular weight excluding hydrogens is 326 g/mol. The summed E-state index contributed by atoms with van der Waals surface area (Å²) in [6.07, 6.45) is 0.491. The molecule has 2 aromatic carbocycles. The fourth-order valence-corrected chi connectivity index (χ4v) is 2.39. The minimum Gasteiger partial charge on any atom is -0.417 e. The first-order valence-corrected chi connectivity index (χ1v) is 7.89. The summed E-state index contributed by atoms with van der Waals surface area (Å²) in [4.78, 5) is 12.1. The predicted molar refractivity (Wildman–Crippen MR) is 90.9 cm³/mol. The highest BCUT2D eigenvalue weighted by atomic mass is 35.5. The molecule has 6 heteroatoms. The van der Waals surface area contributed by atoms with Crippen LogP contribution in [0.15, 0.2) is 52.9 Å². The zero-order valence-electron chi connectivity index (χ0n) is 13.1. The lowest BCUT2D eigenvalue weighted by Crippen LogP contribution is -2.23. The quantitative estimate of drug-likeness (QED) is 0.770. The lowest BCUT2D eigenvalue weighted by Gasteiger charge is -2.04. The van der Waals surface area contributed by atoms with Crippen molar-refractivity contribution in [1.82, 2.24) is 15.5 Å². The van der Waals surface area contributed by atoms with Gasteiger partial charge in [-0.15, -0.1) is 10.2 Å². The molecule has 0 saturated heterocycles. The van der Waals surface area contributed by atoms with Crippen LogP contribution in [0.4, 0.5) is 0 Å². The Bertz CT molecular complexity index is 843. The molecule has 122 valence electrons. The molecule has 24 heavy (non-hydrogen) atoms. The van der Waals surface area contributed by atoms with Gasteiger partial charge in [-0.1, -0.05) is 59.6 Å². The third kappa shape index (κ3) is 4.00. The molecule has 0 fully saturated rings. The molecule has 0 saturated carbocycles. The molecule has 3 rings (SSSR count). The van der Waals surface area contributed by atoms with Crippen LogP contribution in [0, 0.1) is 6.92 Å². The van der Waals surface area contributed by atoms with Crippen molar-refractivity contribution in [1.29, 1.82) is 0 Å². The molecule has 1 heterocycles. The fourth-order valence-electron chi connectivity index (χ4n) is 2.19. The third-order valence-electron chi connectivity index (χ3n) is 3.53. The van der Waals surface area contributed by atoms with Gasteiger partial charge in [0, 0.05) is 11.6 Å². The van der Waals surface area contributed by atoms with E-state index in [9.17, 15) is 4.79 Å². The smallest absolute Gasteiger partial charge is 0.309 e. The number of rotatable bonds is 5. The number of benzene rings is 2. The Morgan fingerprint density at radius 3 is 2.62 bits per heavy atom. The van der Waals surface area contributed by atoms with Gasteiger partial charge < -0.3 is 9.73 Å². The van der Waals surface area contributed by atoms with Crippen molar-refractivity contribution < 1.29 is 9.21 Å². The lowest BCUT2D eigenvalue weighted by molar-refractivity contribution is 0.0914. The molecule has 0 radical (unpaired) electrons. The van der Waals surface area contributed by atoms with Gasteiger partial charge in [0.05, 0.1) is 6.42 Å². The van der Waals surface area contributed by atoms with Gasteiger partial charge in [-0.2, -0.15) is 0 Å². The zero-order valence-corrected chi connectivity index (χ0v) is 13.9. The van der Waals surface area contributed by atoms with E-state index >= 15 is 0 Å². The Morgan fingerprint density at radius 2 is 1.88 bits per heavy atom. The van der Waals surface area contributed by atoms with Crippen molar-refractivity contribution in [3.8, 4) is 0 Å². The third-order valence-corrected chi connectivity index (χ3v) is 3.90. The van der Waals surface area contributed by atoms with E-state index in [1.807, 2.05) is 49.4 Å². The number of halogens is 1. The van der Waals surface area contributed by atoms with Crippen molar-refractivity contribution in [3.05, 3.63) is 82.0 Å². The maximum Gasteiger partial charge on any atom is 0.309 e. The lowest BCUT2D eigenvalue weighted by atomic mass is 10.1. The Morgan fingerprint density at radius 1 is 1.12 bits per heavy atom. The first kappa shape index (κ1) is 16.2. The van der Waals surface area contributed by atoms with Crippen LogP contribution in [0.1, 0.15) is 33.3 Å². The predicted octanol–water partition coefficient (Wildman–Crippen LogP) is 3.55. The molecule has 0 aliphatic carbocycles. The topological polar surface area (TPSA) is 68.0 Å². The molecule has 0 aliphatic rings. The van der Waals surface area contributed by atoms with Gasteiger partial charge in [-0.05, 0) is 24.1 Å². The minimum absolute atomic E-state index is 0.0517. The van der Waals surface area contributed by atoms with Gasteiger partial charge in [0.2, 0.25) is 5.89 Å². The van der Waals surface area contributed by atoms with Crippen LogP contribution in [0.5, 0.6) is 0 Å². The number of nitrogens with one attached hydrogen (secondary N) is 1. The minimum atomic E-state index is -0.419. The van der Waals surface area contributed by atoms with Gasteiger partial charge in [0.15, 0.2) is 0 Å². The molecular formula is C18H16ClN3O2. The Kier molecular flexibility index (Phi) is 4.91. The highest BCUT2D eigenvalue weighted by molar-refractivity contribution is 6.31. The summed E-state index contributed by atoms with van der Waals surface area (Å²) in [5.41, 5.74) is 3.06. The molecule has 0 atom stereocenters. The summed E-state index contributed by atoms with van der Waals surface area (Å²) in [5, 5.41) is 11.0. The number of aryl methyl sites for hydroxylation is 1. The number of carbonyl (C=O) groups excluding carboxylic acids is 1. The summed E-state index contributed by atoms with van der Waals surface area (Å²) >= 11 is 6.06. The molecule has 0 aliphatic heterocycles. The number of nitrogens with zero attached hydrogens (tertiary/aromatic N) is 2. The molecule has 1 N–H and O–H groups in total. The van der Waals surface area contributed by atoms with Crippen LogP contribution in [0.2, 0.25) is 5.02 Å². The number of aromatic nitrogens is 2. The van der Waals surface area contributed by atoms with E-state index in [1.54, 1.807) is 6.07 Å². The summed E-state index contributed by atoms with van der Waals surface area (Å²) in [6, 6.07) is 15.3. The standard InChI is InChI=1S/C18H16ClN3O2/c1-12-6-8-13(9-7-12)10-16-21-22-18(24-16)17(23)20-11-14-4-2-3-5-15(14)19/h2-9H,10-11H2,1H3,(H,20,23). The molecule has 5 nitrogen and oxygen atoms in total. The number of carbonyl (C=O) groups is 1. The number of amides is 1. The molecule has 1 aromatic heterocycles. The molecule has 1 amide bonds. The van der Waals surface area contributed by atoms with Crippen LogP contribution in [0.25, 0.3) is 0 Å². The fraction of sp³-hybridized carbons (Fsp3) is 0.167. The van der Waals surface area contributed by atoms with Crippen LogP contribution >= 0.6 is 11.6 Å². The van der Waals surface area contributed by atoms with Crippen molar-refractivity contribution in [3.63, 3.8) is 0 Å². The summed E-state index contributed by atoms with van der Waals surface area (Å²) in [6.45, 7) is 2.33. The Labute approximate surface area is 144 Å². The van der Waals surface area contributed by atoms with Gasteiger partial charge in [-0.25, -0.2) is 0 Å². The first-order chi connectivity index (χ1) is 11.6. The van der Waals surface area contributed by atoms with Gasteiger partial charge in [-0.3, -0.25) is 4.79 Å². The van der Waals surface area contributed by atoms with E-state index in [-0.39, 0.29) is 5.89 Å². The first-order valence-electron chi connectivity index (χ1n) is 7.51. The number of hydrogen-bond acceptors (Lipinski definition) is 4. The van der Waals surface area contributed by atoms with Crippen LogP contribution in [0.3, 0.4) is 0 Å². The van der Waals surface area contributed by atoms with Gasteiger partial charge in [0.1, 0.15) is 0 Å². The Balaban J connectivity index is 1.61. The molecule has 0 unspecified atom stereocenters. The van der Waals surface area contributed by atoms with E-state index < -0.39 is 5.91 Å². The molecule has 0 spiro atoms. The van der Waals surface area contributed by atoms with Crippen LogP contribution < -0.4 is 5.32 Å². The highest BCUT2D eigenvalue weighted by Gasteiger charge is 2.15. The van der Waals surface area contributed by atoms with Crippen molar-refractivity contribution >= 4 is 17.5 Å². The van der Waals surface area contributed by atoms with E-state index in [1.165, 1.54) is 5.56 Å². The second kappa shape index (κ2) is 7.27. The van der Waals surface area contributed by atoms with E-state index in [0.717, 1.165) is 11.1 Å². The SMILES string of the molecule is Cc1ccc(Cc2nnc(C(=O)NCc3ccccc3Cl)o2)cc1. The maximum absolute atomic E-state index is 12.1. The second-order valence-electron chi connectivity index (χ2n) is 5.44. The van der Waals surface area contributed by atoms with Gasteiger partial charge in [0.25, 0.3) is 0 Å².